The maximum atomic E-state index is 12.6. The quantitative estimate of drug-likeness (QED) is 0.186. The molecule has 1 aromatic heterocycles. The summed E-state index contributed by atoms with van der Waals surface area (Å²) in [6, 6.07) is 23.7. The Morgan fingerprint density at radius 1 is 0.844 bits per heavy atom. The standard InChI is InChI=1S/C26H18N2O4/c1-15(27-28-25(30)22-12-17-7-2-3-8-18(17)13-23(22)29)20-14-21-19-9-5-4-6-16(19)10-11-24(21)32-26(20)31/h2-14,29H,1H3,(H,28,30). The third-order valence-corrected chi connectivity index (χ3v) is 5.47. The number of nitrogens with zero attached hydrogens (tertiary/aromatic N) is 1. The van der Waals surface area contributed by atoms with Crippen LogP contribution in [0.1, 0.15) is 22.8 Å². The molecular formula is C26H18N2O4. The van der Waals surface area contributed by atoms with Gasteiger partial charge in [-0.1, -0.05) is 54.6 Å². The number of benzene rings is 4. The molecular weight excluding hydrogens is 404 g/mol. The molecule has 0 atom stereocenters. The first-order chi connectivity index (χ1) is 15.5. The molecule has 0 saturated heterocycles. The predicted molar refractivity (Wildman–Crippen MR) is 125 cm³/mol. The summed E-state index contributed by atoms with van der Waals surface area (Å²) < 4.78 is 5.49. The molecule has 156 valence electrons. The molecule has 0 aliphatic heterocycles. The van der Waals surface area contributed by atoms with Crippen molar-refractivity contribution in [2.75, 3.05) is 0 Å². The second-order valence-electron chi connectivity index (χ2n) is 7.50. The fraction of sp³-hybridized carbons (Fsp3) is 0.0385. The number of phenolic OH excluding ortho intramolecular Hbond substituents is 1. The molecule has 5 aromatic rings. The first-order valence-corrected chi connectivity index (χ1v) is 10.0. The van der Waals surface area contributed by atoms with Gasteiger partial charge in [0.1, 0.15) is 11.3 Å². The molecule has 6 heteroatoms. The lowest BCUT2D eigenvalue weighted by Gasteiger charge is -2.07. The molecule has 0 bridgehead atoms. The van der Waals surface area contributed by atoms with Gasteiger partial charge in [-0.3, -0.25) is 4.79 Å². The number of hydrogen-bond acceptors (Lipinski definition) is 5. The lowest BCUT2D eigenvalue weighted by Crippen LogP contribution is -2.21. The molecule has 0 unspecified atom stereocenters. The highest BCUT2D eigenvalue weighted by molar-refractivity contribution is 6.09. The van der Waals surface area contributed by atoms with Gasteiger partial charge in [0, 0.05) is 5.39 Å². The average molecular weight is 422 g/mol. The van der Waals surface area contributed by atoms with Crippen LogP contribution in [-0.4, -0.2) is 16.7 Å². The molecule has 0 aliphatic rings. The molecule has 32 heavy (non-hydrogen) atoms. The van der Waals surface area contributed by atoms with Crippen LogP contribution in [0.25, 0.3) is 32.5 Å². The van der Waals surface area contributed by atoms with Gasteiger partial charge in [-0.25, -0.2) is 10.2 Å². The van der Waals surface area contributed by atoms with Gasteiger partial charge in [-0.05, 0) is 52.7 Å². The molecule has 2 N–H and O–H groups in total. The normalized spacial score (nSPS) is 11.8. The van der Waals surface area contributed by atoms with Crippen molar-refractivity contribution < 1.29 is 14.3 Å². The summed E-state index contributed by atoms with van der Waals surface area (Å²) in [6.07, 6.45) is 0. The molecule has 0 aliphatic carbocycles. The zero-order valence-corrected chi connectivity index (χ0v) is 17.1. The van der Waals surface area contributed by atoms with Gasteiger partial charge in [-0.15, -0.1) is 0 Å². The number of fused-ring (bicyclic) bond motifs is 4. The van der Waals surface area contributed by atoms with E-state index in [1.807, 2.05) is 54.6 Å². The van der Waals surface area contributed by atoms with Crippen LogP contribution >= 0.6 is 0 Å². The van der Waals surface area contributed by atoms with Gasteiger partial charge < -0.3 is 9.52 Å². The summed E-state index contributed by atoms with van der Waals surface area (Å²) in [7, 11) is 0. The molecule has 1 amide bonds. The van der Waals surface area contributed by atoms with Gasteiger partial charge in [-0.2, -0.15) is 5.10 Å². The lowest BCUT2D eigenvalue weighted by molar-refractivity contribution is 0.0952. The van der Waals surface area contributed by atoms with Crippen molar-refractivity contribution in [3.05, 3.63) is 100 Å². The Morgan fingerprint density at radius 3 is 2.31 bits per heavy atom. The first kappa shape index (κ1) is 19.5. The van der Waals surface area contributed by atoms with E-state index < -0.39 is 11.5 Å². The van der Waals surface area contributed by atoms with Crippen molar-refractivity contribution in [3.8, 4) is 5.75 Å². The molecule has 1 heterocycles. The molecule has 0 saturated carbocycles. The number of hydrazone groups is 1. The van der Waals surface area contributed by atoms with Gasteiger partial charge in [0.05, 0.1) is 16.8 Å². The molecule has 0 fully saturated rings. The maximum Gasteiger partial charge on any atom is 0.345 e. The Morgan fingerprint density at radius 2 is 1.53 bits per heavy atom. The number of carbonyl (C=O) groups is 1. The van der Waals surface area contributed by atoms with Crippen LogP contribution in [0.2, 0.25) is 0 Å². The van der Waals surface area contributed by atoms with Gasteiger partial charge in [0.15, 0.2) is 0 Å². The van der Waals surface area contributed by atoms with Crippen LogP contribution in [0, 0.1) is 0 Å². The van der Waals surface area contributed by atoms with Crippen LogP contribution in [0.15, 0.2) is 93.2 Å². The van der Waals surface area contributed by atoms with Crippen LogP contribution in [0.3, 0.4) is 0 Å². The van der Waals surface area contributed by atoms with E-state index in [0.29, 0.717) is 11.3 Å². The predicted octanol–water partition coefficient (Wildman–Crippen LogP) is 4.96. The van der Waals surface area contributed by atoms with Gasteiger partial charge in [0.2, 0.25) is 0 Å². The van der Waals surface area contributed by atoms with Crippen molar-refractivity contribution in [1.29, 1.82) is 0 Å². The van der Waals surface area contributed by atoms with Crippen molar-refractivity contribution in [2.45, 2.75) is 6.92 Å². The Kier molecular flexibility index (Phi) is 4.67. The summed E-state index contributed by atoms with van der Waals surface area (Å²) in [4.78, 5) is 25.2. The molecule has 6 nitrogen and oxygen atoms in total. The zero-order valence-electron chi connectivity index (χ0n) is 17.1. The van der Waals surface area contributed by atoms with Crippen molar-refractivity contribution in [1.82, 2.24) is 5.43 Å². The Labute approximate surface area is 182 Å². The third-order valence-electron chi connectivity index (χ3n) is 5.47. The monoisotopic (exact) mass is 422 g/mol. The summed E-state index contributed by atoms with van der Waals surface area (Å²) in [6.45, 7) is 1.61. The molecule has 0 spiro atoms. The SMILES string of the molecule is CC(=NNC(=O)c1cc2ccccc2cc1O)c1cc2c(ccc3ccccc32)oc1=O. The second kappa shape index (κ2) is 7.67. The molecule has 4 aromatic carbocycles. The summed E-state index contributed by atoms with van der Waals surface area (Å²) in [5, 5.41) is 18.7. The minimum Gasteiger partial charge on any atom is -0.507 e. The topological polar surface area (TPSA) is 91.9 Å². The van der Waals surface area contributed by atoms with E-state index in [2.05, 4.69) is 10.5 Å². The fourth-order valence-electron chi connectivity index (χ4n) is 3.79. The average Bonchev–Trinajstić information content (AvgIpc) is 2.81. The highest BCUT2D eigenvalue weighted by Gasteiger charge is 2.14. The van der Waals surface area contributed by atoms with Gasteiger partial charge in [0.25, 0.3) is 5.91 Å². The van der Waals surface area contributed by atoms with Crippen LogP contribution in [-0.2, 0) is 0 Å². The summed E-state index contributed by atoms with van der Waals surface area (Å²) in [5.41, 5.74) is 3.00. The Bertz CT molecular complexity index is 1620. The lowest BCUT2D eigenvalue weighted by atomic mass is 10.0. The largest absolute Gasteiger partial charge is 0.507 e. The number of rotatable bonds is 3. The first-order valence-electron chi connectivity index (χ1n) is 10.0. The van der Waals surface area contributed by atoms with Crippen molar-refractivity contribution in [2.24, 2.45) is 5.10 Å². The van der Waals surface area contributed by atoms with E-state index in [9.17, 15) is 14.7 Å². The third kappa shape index (κ3) is 3.37. The number of hydrogen-bond donors (Lipinski definition) is 2. The van der Waals surface area contributed by atoms with Crippen molar-refractivity contribution in [3.63, 3.8) is 0 Å². The van der Waals surface area contributed by atoms with Crippen molar-refractivity contribution >= 4 is 44.1 Å². The maximum absolute atomic E-state index is 12.6. The number of carbonyl (C=O) groups excluding carboxylic acids is 1. The minimum absolute atomic E-state index is 0.0942. The van der Waals surface area contributed by atoms with Gasteiger partial charge >= 0.3 is 5.63 Å². The van der Waals surface area contributed by atoms with E-state index in [4.69, 9.17) is 4.42 Å². The van der Waals surface area contributed by atoms with Crippen LogP contribution in [0.4, 0.5) is 0 Å². The van der Waals surface area contributed by atoms with Crippen LogP contribution in [0.5, 0.6) is 5.75 Å². The molecule has 0 radical (unpaired) electrons. The number of amides is 1. The van der Waals surface area contributed by atoms with E-state index in [-0.39, 0.29) is 16.9 Å². The summed E-state index contributed by atoms with van der Waals surface area (Å²) >= 11 is 0. The zero-order chi connectivity index (χ0) is 22.2. The Hall–Kier alpha value is -4.45. The Balaban J connectivity index is 1.50. The van der Waals surface area contributed by atoms with E-state index in [1.54, 1.807) is 25.1 Å². The smallest absolute Gasteiger partial charge is 0.345 e. The number of nitrogens with one attached hydrogen (secondary N) is 1. The number of phenols is 1. The van der Waals surface area contributed by atoms with E-state index >= 15 is 0 Å². The summed E-state index contributed by atoms with van der Waals surface area (Å²) in [5.74, 6) is -0.728. The number of aromatic hydroxyl groups is 1. The fourth-order valence-corrected chi connectivity index (χ4v) is 3.79. The minimum atomic E-state index is -0.580. The second-order valence-corrected chi connectivity index (χ2v) is 7.50. The highest BCUT2D eigenvalue weighted by Crippen LogP contribution is 2.26. The van der Waals surface area contributed by atoms with E-state index in [0.717, 1.165) is 26.9 Å². The molecule has 5 rings (SSSR count). The highest BCUT2D eigenvalue weighted by atomic mass is 16.4. The van der Waals surface area contributed by atoms with E-state index in [1.165, 1.54) is 6.07 Å². The van der Waals surface area contributed by atoms with Crippen LogP contribution < -0.4 is 11.1 Å².